The fourth-order valence-corrected chi connectivity index (χ4v) is 2.23. The monoisotopic (exact) mass is 355 g/mol. The number of para-hydroxylation sites is 1. The summed E-state index contributed by atoms with van der Waals surface area (Å²) in [6, 6.07) is 15.0. The van der Waals surface area contributed by atoms with Gasteiger partial charge in [-0.3, -0.25) is 4.79 Å². The standard InChI is InChI=1S/C21H25NO4/c1-16(2)26-19-11-9-17(15-20(19)24-3)10-12-21(23)22-13-14-25-18-7-5-4-6-8-18/h4-12,15-16H,13-14H2,1-3H3,(H,22,23)/b12-10+. The van der Waals surface area contributed by atoms with Crippen LogP contribution in [0.1, 0.15) is 19.4 Å². The number of benzene rings is 2. The summed E-state index contributed by atoms with van der Waals surface area (Å²) in [5.41, 5.74) is 0.855. The molecule has 0 spiro atoms. The first-order valence-electron chi connectivity index (χ1n) is 8.57. The van der Waals surface area contributed by atoms with Crippen molar-refractivity contribution in [1.82, 2.24) is 5.32 Å². The maximum atomic E-state index is 11.9. The molecular formula is C21H25NO4. The minimum Gasteiger partial charge on any atom is -0.493 e. The summed E-state index contributed by atoms with van der Waals surface area (Å²) in [6.45, 7) is 4.76. The van der Waals surface area contributed by atoms with Crippen molar-refractivity contribution < 1.29 is 19.0 Å². The van der Waals surface area contributed by atoms with Crippen LogP contribution in [0.3, 0.4) is 0 Å². The summed E-state index contributed by atoms with van der Waals surface area (Å²) >= 11 is 0. The van der Waals surface area contributed by atoms with Gasteiger partial charge in [-0.25, -0.2) is 0 Å². The Kier molecular flexibility index (Phi) is 7.55. The second kappa shape index (κ2) is 10.1. The Balaban J connectivity index is 1.81. The Morgan fingerprint density at radius 3 is 2.58 bits per heavy atom. The van der Waals surface area contributed by atoms with Crippen molar-refractivity contribution in [2.24, 2.45) is 0 Å². The molecule has 1 N–H and O–H groups in total. The molecule has 5 nitrogen and oxygen atoms in total. The molecule has 0 unspecified atom stereocenters. The predicted molar refractivity (Wildman–Crippen MR) is 103 cm³/mol. The molecule has 5 heteroatoms. The Morgan fingerprint density at radius 2 is 1.88 bits per heavy atom. The number of amides is 1. The van der Waals surface area contributed by atoms with Crippen LogP contribution in [0.4, 0.5) is 0 Å². The third-order valence-electron chi connectivity index (χ3n) is 3.39. The Labute approximate surface area is 154 Å². The Morgan fingerprint density at radius 1 is 1.12 bits per heavy atom. The molecule has 138 valence electrons. The van der Waals surface area contributed by atoms with Crippen LogP contribution in [0.15, 0.2) is 54.6 Å². The lowest BCUT2D eigenvalue weighted by Gasteiger charge is -2.13. The number of ether oxygens (including phenoxy) is 3. The molecule has 2 aromatic rings. The van der Waals surface area contributed by atoms with Gasteiger partial charge in [-0.15, -0.1) is 0 Å². The van der Waals surface area contributed by atoms with Crippen LogP contribution in [-0.4, -0.2) is 32.3 Å². The highest BCUT2D eigenvalue weighted by Crippen LogP contribution is 2.29. The van der Waals surface area contributed by atoms with E-state index in [1.54, 1.807) is 13.2 Å². The fourth-order valence-electron chi connectivity index (χ4n) is 2.23. The molecule has 26 heavy (non-hydrogen) atoms. The largest absolute Gasteiger partial charge is 0.493 e. The SMILES string of the molecule is COc1cc(/C=C/C(=O)NCCOc2ccccc2)ccc1OC(C)C. The molecule has 0 fully saturated rings. The number of hydrogen-bond acceptors (Lipinski definition) is 4. The van der Waals surface area contributed by atoms with Gasteiger partial charge in [-0.1, -0.05) is 24.3 Å². The normalized spacial score (nSPS) is 10.8. The molecule has 2 aromatic carbocycles. The molecule has 0 saturated carbocycles. The third kappa shape index (κ3) is 6.51. The lowest BCUT2D eigenvalue weighted by Crippen LogP contribution is -2.26. The van der Waals surface area contributed by atoms with Crippen LogP contribution < -0.4 is 19.5 Å². The molecular weight excluding hydrogens is 330 g/mol. The molecule has 2 rings (SSSR count). The van der Waals surface area contributed by atoms with E-state index in [4.69, 9.17) is 14.2 Å². The van der Waals surface area contributed by atoms with Crippen LogP contribution in [0, 0.1) is 0 Å². The summed E-state index contributed by atoms with van der Waals surface area (Å²) in [6.07, 6.45) is 3.28. The van der Waals surface area contributed by atoms with Gasteiger partial charge in [0.25, 0.3) is 0 Å². The molecule has 0 radical (unpaired) electrons. The number of rotatable bonds is 9. The van der Waals surface area contributed by atoms with E-state index in [1.807, 2.05) is 62.4 Å². The number of carbonyl (C=O) groups is 1. The van der Waals surface area contributed by atoms with Crippen LogP contribution in [0.2, 0.25) is 0 Å². The molecule has 1 amide bonds. The van der Waals surface area contributed by atoms with E-state index in [9.17, 15) is 4.79 Å². The van der Waals surface area contributed by atoms with Crippen molar-refractivity contribution in [3.05, 3.63) is 60.2 Å². The highest BCUT2D eigenvalue weighted by molar-refractivity contribution is 5.91. The van der Waals surface area contributed by atoms with Gasteiger partial charge in [-0.2, -0.15) is 0 Å². The van der Waals surface area contributed by atoms with E-state index in [0.717, 1.165) is 11.3 Å². The van der Waals surface area contributed by atoms with Crippen molar-refractivity contribution >= 4 is 12.0 Å². The zero-order valence-electron chi connectivity index (χ0n) is 15.4. The van der Waals surface area contributed by atoms with E-state index in [1.165, 1.54) is 6.08 Å². The van der Waals surface area contributed by atoms with Gasteiger partial charge < -0.3 is 19.5 Å². The zero-order chi connectivity index (χ0) is 18.8. The molecule has 0 aliphatic carbocycles. The average molecular weight is 355 g/mol. The topological polar surface area (TPSA) is 56.8 Å². The summed E-state index contributed by atoms with van der Waals surface area (Å²) in [5.74, 6) is 1.93. The second-order valence-corrected chi connectivity index (χ2v) is 5.86. The van der Waals surface area contributed by atoms with E-state index in [2.05, 4.69) is 5.32 Å². The minimum atomic E-state index is -0.178. The second-order valence-electron chi connectivity index (χ2n) is 5.86. The van der Waals surface area contributed by atoms with Gasteiger partial charge in [-0.05, 0) is 49.8 Å². The number of nitrogens with one attached hydrogen (secondary N) is 1. The van der Waals surface area contributed by atoms with Crippen molar-refractivity contribution in [2.45, 2.75) is 20.0 Å². The van der Waals surface area contributed by atoms with Gasteiger partial charge in [0.15, 0.2) is 11.5 Å². The lowest BCUT2D eigenvalue weighted by molar-refractivity contribution is -0.116. The first-order valence-corrected chi connectivity index (χ1v) is 8.57. The van der Waals surface area contributed by atoms with E-state index in [-0.39, 0.29) is 12.0 Å². The third-order valence-corrected chi connectivity index (χ3v) is 3.39. The molecule has 0 aliphatic heterocycles. The van der Waals surface area contributed by atoms with Crippen LogP contribution in [-0.2, 0) is 4.79 Å². The zero-order valence-corrected chi connectivity index (χ0v) is 15.4. The van der Waals surface area contributed by atoms with Crippen molar-refractivity contribution in [3.8, 4) is 17.2 Å². The number of hydrogen-bond donors (Lipinski definition) is 1. The molecule has 0 saturated heterocycles. The summed E-state index contributed by atoms with van der Waals surface area (Å²) in [5, 5.41) is 2.78. The van der Waals surface area contributed by atoms with Crippen molar-refractivity contribution in [2.75, 3.05) is 20.3 Å². The predicted octanol–water partition coefficient (Wildman–Crippen LogP) is 3.69. The smallest absolute Gasteiger partial charge is 0.244 e. The van der Waals surface area contributed by atoms with E-state index >= 15 is 0 Å². The fraction of sp³-hybridized carbons (Fsp3) is 0.286. The van der Waals surface area contributed by atoms with Gasteiger partial charge >= 0.3 is 0 Å². The van der Waals surface area contributed by atoms with Crippen LogP contribution >= 0.6 is 0 Å². The van der Waals surface area contributed by atoms with Gasteiger partial charge in [0, 0.05) is 6.08 Å². The quantitative estimate of drug-likeness (QED) is 0.550. The minimum absolute atomic E-state index is 0.0641. The first kappa shape index (κ1) is 19.4. The van der Waals surface area contributed by atoms with E-state index < -0.39 is 0 Å². The summed E-state index contributed by atoms with van der Waals surface area (Å²) in [7, 11) is 1.59. The van der Waals surface area contributed by atoms with Crippen LogP contribution in [0.5, 0.6) is 17.2 Å². The van der Waals surface area contributed by atoms with Crippen LogP contribution in [0.25, 0.3) is 6.08 Å². The summed E-state index contributed by atoms with van der Waals surface area (Å²) < 4.78 is 16.5. The Bertz CT molecular complexity index is 726. The van der Waals surface area contributed by atoms with Gasteiger partial charge in [0.2, 0.25) is 5.91 Å². The molecule has 0 heterocycles. The molecule has 0 bridgehead atoms. The van der Waals surface area contributed by atoms with E-state index in [0.29, 0.717) is 24.7 Å². The maximum Gasteiger partial charge on any atom is 0.244 e. The summed E-state index contributed by atoms with van der Waals surface area (Å²) in [4.78, 5) is 11.9. The molecule has 0 aromatic heterocycles. The molecule has 0 aliphatic rings. The first-order chi connectivity index (χ1) is 12.6. The van der Waals surface area contributed by atoms with Crippen molar-refractivity contribution in [3.63, 3.8) is 0 Å². The van der Waals surface area contributed by atoms with Gasteiger partial charge in [0.1, 0.15) is 12.4 Å². The van der Waals surface area contributed by atoms with Crippen molar-refractivity contribution in [1.29, 1.82) is 0 Å². The highest BCUT2D eigenvalue weighted by Gasteiger charge is 2.06. The number of methoxy groups -OCH3 is 1. The highest BCUT2D eigenvalue weighted by atomic mass is 16.5. The lowest BCUT2D eigenvalue weighted by atomic mass is 10.2. The van der Waals surface area contributed by atoms with Gasteiger partial charge in [0.05, 0.1) is 19.8 Å². The number of carbonyl (C=O) groups excluding carboxylic acids is 1. The molecule has 0 atom stereocenters. The maximum absolute atomic E-state index is 11.9. The average Bonchev–Trinajstić information content (AvgIpc) is 2.65. The Hall–Kier alpha value is -2.95.